The Labute approximate surface area is 124 Å². The van der Waals surface area contributed by atoms with E-state index in [1.54, 1.807) is 6.92 Å². The zero-order valence-corrected chi connectivity index (χ0v) is 13.5. The molecule has 2 fully saturated rings. The highest BCUT2D eigenvalue weighted by molar-refractivity contribution is 5.80. The van der Waals surface area contributed by atoms with E-state index in [2.05, 4.69) is 25.3 Å². The molecule has 114 valence electrons. The van der Waals surface area contributed by atoms with Gasteiger partial charge in [0.05, 0.1) is 0 Å². The molecule has 0 aromatic carbocycles. The first kappa shape index (κ1) is 15.6. The van der Waals surface area contributed by atoms with Gasteiger partial charge < -0.3 is 4.90 Å². The van der Waals surface area contributed by atoms with Crippen molar-refractivity contribution in [3.63, 3.8) is 0 Å². The van der Waals surface area contributed by atoms with Crippen LogP contribution in [0.3, 0.4) is 0 Å². The third-order valence-corrected chi connectivity index (χ3v) is 5.45. The van der Waals surface area contributed by atoms with Crippen LogP contribution in [0.15, 0.2) is 12.3 Å². The lowest BCUT2D eigenvalue weighted by molar-refractivity contribution is -0.123. The van der Waals surface area contributed by atoms with Gasteiger partial charge in [0, 0.05) is 30.6 Å². The highest BCUT2D eigenvalue weighted by Crippen LogP contribution is 2.55. The SMILES string of the molecule is C=C(C1C2CCC(C2)C1C(C)=O)N(CCC)CCCC. The highest BCUT2D eigenvalue weighted by atomic mass is 16.1. The zero-order valence-electron chi connectivity index (χ0n) is 13.5. The van der Waals surface area contributed by atoms with Gasteiger partial charge in [-0.1, -0.05) is 26.8 Å². The van der Waals surface area contributed by atoms with Crippen LogP contribution >= 0.6 is 0 Å². The molecule has 2 aliphatic rings. The maximum Gasteiger partial charge on any atom is 0.133 e. The summed E-state index contributed by atoms with van der Waals surface area (Å²) < 4.78 is 0. The van der Waals surface area contributed by atoms with Gasteiger partial charge in [0.1, 0.15) is 5.78 Å². The van der Waals surface area contributed by atoms with Gasteiger partial charge in [-0.2, -0.15) is 0 Å². The number of carbonyl (C=O) groups is 1. The van der Waals surface area contributed by atoms with Crippen molar-refractivity contribution in [3.8, 4) is 0 Å². The van der Waals surface area contributed by atoms with Crippen molar-refractivity contribution in [1.82, 2.24) is 4.90 Å². The number of hydrogen-bond acceptors (Lipinski definition) is 2. The second-order valence-corrected chi connectivity index (χ2v) is 6.83. The number of unbranched alkanes of at least 4 members (excludes halogenated alkanes) is 1. The topological polar surface area (TPSA) is 20.3 Å². The van der Waals surface area contributed by atoms with E-state index in [1.165, 1.54) is 37.8 Å². The van der Waals surface area contributed by atoms with Crippen molar-refractivity contribution in [2.45, 2.75) is 59.3 Å². The Balaban J connectivity index is 2.10. The Morgan fingerprint density at radius 2 is 1.75 bits per heavy atom. The van der Waals surface area contributed by atoms with Gasteiger partial charge in [-0.3, -0.25) is 4.79 Å². The molecule has 0 amide bonds. The van der Waals surface area contributed by atoms with Gasteiger partial charge >= 0.3 is 0 Å². The molecule has 20 heavy (non-hydrogen) atoms. The summed E-state index contributed by atoms with van der Waals surface area (Å²) in [6.07, 6.45) is 7.45. The number of nitrogens with zero attached hydrogens (tertiary/aromatic N) is 1. The van der Waals surface area contributed by atoms with Crippen LogP contribution in [0.5, 0.6) is 0 Å². The summed E-state index contributed by atoms with van der Waals surface area (Å²) in [4.78, 5) is 14.6. The van der Waals surface area contributed by atoms with Crippen molar-refractivity contribution < 1.29 is 4.79 Å². The molecule has 4 atom stereocenters. The van der Waals surface area contributed by atoms with Crippen LogP contribution in [0.4, 0.5) is 0 Å². The monoisotopic (exact) mass is 277 g/mol. The summed E-state index contributed by atoms with van der Waals surface area (Å²) >= 11 is 0. The van der Waals surface area contributed by atoms with Gasteiger partial charge in [0.25, 0.3) is 0 Å². The molecule has 4 unspecified atom stereocenters. The van der Waals surface area contributed by atoms with E-state index in [4.69, 9.17) is 0 Å². The van der Waals surface area contributed by atoms with E-state index in [-0.39, 0.29) is 5.92 Å². The minimum absolute atomic E-state index is 0.266. The van der Waals surface area contributed by atoms with Gasteiger partial charge in [-0.25, -0.2) is 0 Å². The second-order valence-electron chi connectivity index (χ2n) is 6.83. The lowest BCUT2D eigenvalue weighted by atomic mass is 9.75. The molecule has 2 bridgehead atoms. The predicted octanol–water partition coefficient (Wildman–Crippen LogP) is 4.26. The highest BCUT2D eigenvalue weighted by Gasteiger charge is 2.51. The minimum atomic E-state index is 0.266. The summed E-state index contributed by atoms with van der Waals surface area (Å²) in [5.41, 5.74) is 1.27. The molecule has 2 aliphatic carbocycles. The molecular formula is C18H31NO. The van der Waals surface area contributed by atoms with Gasteiger partial charge in [-0.15, -0.1) is 0 Å². The first-order chi connectivity index (χ1) is 9.60. The molecule has 0 saturated heterocycles. The third kappa shape index (κ3) is 2.94. The first-order valence-electron chi connectivity index (χ1n) is 8.54. The number of allylic oxidation sites excluding steroid dienone is 1. The summed E-state index contributed by atoms with van der Waals surface area (Å²) in [6, 6.07) is 0. The van der Waals surface area contributed by atoms with E-state index in [9.17, 15) is 4.79 Å². The quantitative estimate of drug-likeness (QED) is 0.660. The first-order valence-corrected chi connectivity index (χ1v) is 8.54. The fourth-order valence-electron chi connectivity index (χ4n) is 4.58. The molecule has 0 heterocycles. The number of Topliss-reactive ketones (excluding diaryl/α,β-unsaturated/α-hetero) is 1. The molecule has 2 saturated carbocycles. The molecule has 0 aliphatic heterocycles. The molecule has 0 aromatic rings. The summed E-state index contributed by atoms with van der Waals surface area (Å²) in [7, 11) is 0. The average molecular weight is 277 g/mol. The van der Waals surface area contributed by atoms with Crippen LogP contribution in [0.25, 0.3) is 0 Å². The Morgan fingerprint density at radius 1 is 1.10 bits per heavy atom. The summed E-state index contributed by atoms with van der Waals surface area (Å²) in [6.45, 7) is 12.9. The summed E-state index contributed by atoms with van der Waals surface area (Å²) in [5, 5.41) is 0. The minimum Gasteiger partial charge on any atom is -0.375 e. The number of hydrogen-bond donors (Lipinski definition) is 0. The second kappa shape index (κ2) is 6.78. The molecule has 0 spiro atoms. The van der Waals surface area contributed by atoms with E-state index in [0.29, 0.717) is 17.6 Å². The van der Waals surface area contributed by atoms with Crippen molar-refractivity contribution in [3.05, 3.63) is 12.3 Å². The number of rotatable bonds is 8. The van der Waals surface area contributed by atoms with Crippen LogP contribution in [0, 0.1) is 23.7 Å². The fraction of sp³-hybridized carbons (Fsp3) is 0.833. The van der Waals surface area contributed by atoms with Crippen molar-refractivity contribution in [1.29, 1.82) is 0 Å². The largest absolute Gasteiger partial charge is 0.375 e. The van der Waals surface area contributed by atoms with Crippen LogP contribution < -0.4 is 0 Å². The molecule has 2 nitrogen and oxygen atoms in total. The summed E-state index contributed by atoms with van der Waals surface area (Å²) in [5.74, 6) is 2.48. The number of fused-ring (bicyclic) bond motifs is 2. The molecule has 0 aromatic heterocycles. The Hall–Kier alpha value is -0.790. The van der Waals surface area contributed by atoms with E-state index in [0.717, 1.165) is 25.4 Å². The van der Waals surface area contributed by atoms with Gasteiger partial charge in [0.15, 0.2) is 0 Å². The third-order valence-electron chi connectivity index (χ3n) is 5.45. The average Bonchev–Trinajstić information content (AvgIpc) is 3.02. The number of ketones is 1. The van der Waals surface area contributed by atoms with E-state index in [1.807, 2.05) is 0 Å². The zero-order chi connectivity index (χ0) is 14.7. The number of carbonyl (C=O) groups excluding carboxylic acids is 1. The van der Waals surface area contributed by atoms with Crippen LogP contribution in [0.1, 0.15) is 59.3 Å². The lowest BCUT2D eigenvalue weighted by Gasteiger charge is -2.37. The molecule has 0 radical (unpaired) electrons. The smallest absolute Gasteiger partial charge is 0.133 e. The van der Waals surface area contributed by atoms with Crippen molar-refractivity contribution in [2.75, 3.05) is 13.1 Å². The maximum atomic E-state index is 12.1. The normalized spacial score (nSPS) is 31.6. The van der Waals surface area contributed by atoms with E-state index < -0.39 is 0 Å². The maximum absolute atomic E-state index is 12.1. The Kier molecular flexibility index (Phi) is 5.29. The van der Waals surface area contributed by atoms with Crippen molar-refractivity contribution >= 4 is 5.78 Å². The lowest BCUT2D eigenvalue weighted by Crippen LogP contribution is -2.36. The Bertz CT molecular complexity index is 362. The van der Waals surface area contributed by atoms with E-state index >= 15 is 0 Å². The Morgan fingerprint density at radius 3 is 2.30 bits per heavy atom. The van der Waals surface area contributed by atoms with Crippen molar-refractivity contribution in [2.24, 2.45) is 23.7 Å². The van der Waals surface area contributed by atoms with Crippen LogP contribution in [-0.4, -0.2) is 23.8 Å². The van der Waals surface area contributed by atoms with Gasteiger partial charge in [0.2, 0.25) is 0 Å². The van der Waals surface area contributed by atoms with Crippen LogP contribution in [-0.2, 0) is 4.79 Å². The molecule has 2 heteroatoms. The van der Waals surface area contributed by atoms with Gasteiger partial charge in [-0.05, 0) is 50.9 Å². The standard InChI is InChI=1S/C18H31NO/c1-5-7-11-19(10-6-2)13(3)17-15-8-9-16(12-15)18(17)14(4)20/h15-18H,3,5-12H2,1-2,4H3. The predicted molar refractivity (Wildman–Crippen MR) is 84.4 cm³/mol. The fourth-order valence-corrected chi connectivity index (χ4v) is 4.58. The molecule has 0 N–H and O–H groups in total. The molecule has 2 rings (SSSR count). The van der Waals surface area contributed by atoms with Crippen LogP contribution in [0.2, 0.25) is 0 Å². The molecular weight excluding hydrogens is 246 g/mol.